The molecule has 2 fully saturated rings. The number of hydrogen-bond donors (Lipinski definition) is 2. The number of rotatable bonds is 3. The first-order valence-corrected chi connectivity index (χ1v) is 8.08. The van der Waals surface area contributed by atoms with Crippen LogP contribution in [0.1, 0.15) is 31.0 Å². The third kappa shape index (κ3) is 2.18. The first-order chi connectivity index (χ1) is 11.8. The predicted molar refractivity (Wildman–Crippen MR) is 87.0 cm³/mol. The molecule has 25 heavy (non-hydrogen) atoms. The standard InChI is InChI=1S/C18H19N3O4/c1-9(2)18(17(24)25)13-12(15(22)21(3)16(13)23)14(20-18)11-6-4-5-10(7-11)8-19/h4-7,9,12-14,20H,1-3H3,(H,24,25). The first kappa shape index (κ1) is 17.1. The van der Waals surface area contributed by atoms with Crippen LogP contribution in [-0.2, 0) is 14.4 Å². The molecule has 2 aliphatic rings. The smallest absolute Gasteiger partial charge is 0.325 e. The van der Waals surface area contributed by atoms with Crippen LogP contribution in [0.25, 0.3) is 0 Å². The predicted octanol–water partition coefficient (Wildman–Crippen LogP) is 0.913. The Hall–Kier alpha value is -2.72. The highest BCUT2D eigenvalue weighted by molar-refractivity contribution is 6.09. The number of imide groups is 1. The minimum Gasteiger partial charge on any atom is -0.480 e. The quantitative estimate of drug-likeness (QED) is 0.791. The van der Waals surface area contributed by atoms with E-state index in [9.17, 15) is 19.5 Å². The van der Waals surface area contributed by atoms with Crippen molar-refractivity contribution in [1.29, 1.82) is 5.26 Å². The van der Waals surface area contributed by atoms with Crippen molar-refractivity contribution in [2.75, 3.05) is 7.05 Å². The van der Waals surface area contributed by atoms with Gasteiger partial charge in [0, 0.05) is 13.1 Å². The fourth-order valence-electron chi connectivity index (χ4n) is 4.15. The van der Waals surface area contributed by atoms with Crippen molar-refractivity contribution >= 4 is 17.8 Å². The van der Waals surface area contributed by atoms with Gasteiger partial charge in [0.15, 0.2) is 0 Å². The maximum atomic E-state index is 12.7. The molecule has 4 unspecified atom stereocenters. The van der Waals surface area contributed by atoms with E-state index in [0.29, 0.717) is 11.1 Å². The molecule has 0 saturated carbocycles. The normalized spacial score (nSPS) is 31.3. The summed E-state index contributed by atoms with van der Waals surface area (Å²) in [5.41, 5.74) is -0.484. The molecule has 0 aromatic heterocycles. The number of carbonyl (C=O) groups excluding carboxylic acids is 2. The van der Waals surface area contributed by atoms with E-state index in [4.69, 9.17) is 5.26 Å². The van der Waals surface area contributed by atoms with Crippen molar-refractivity contribution < 1.29 is 19.5 Å². The summed E-state index contributed by atoms with van der Waals surface area (Å²) in [5.74, 6) is -4.20. The average molecular weight is 341 g/mol. The Labute approximate surface area is 145 Å². The van der Waals surface area contributed by atoms with Gasteiger partial charge in [0.25, 0.3) is 0 Å². The van der Waals surface area contributed by atoms with E-state index in [1.54, 1.807) is 38.1 Å². The summed E-state index contributed by atoms with van der Waals surface area (Å²) in [6.07, 6.45) is 0. The number of nitrogens with zero attached hydrogens (tertiary/aromatic N) is 2. The monoisotopic (exact) mass is 341 g/mol. The van der Waals surface area contributed by atoms with Crippen LogP contribution in [0, 0.1) is 29.1 Å². The molecule has 2 heterocycles. The van der Waals surface area contributed by atoms with Gasteiger partial charge < -0.3 is 5.11 Å². The van der Waals surface area contributed by atoms with E-state index in [1.165, 1.54) is 7.05 Å². The molecule has 2 amide bonds. The van der Waals surface area contributed by atoms with Crippen LogP contribution < -0.4 is 5.32 Å². The molecule has 2 N–H and O–H groups in total. The Morgan fingerprint density at radius 3 is 2.60 bits per heavy atom. The van der Waals surface area contributed by atoms with E-state index in [-0.39, 0.29) is 0 Å². The van der Waals surface area contributed by atoms with Gasteiger partial charge in [-0.25, -0.2) is 0 Å². The zero-order chi connectivity index (χ0) is 18.5. The number of carboxylic acids is 1. The lowest BCUT2D eigenvalue weighted by molar-refractivity contribution is -0.153. The van der Waals surface area contributed by atoms with Gasteiger partial charge in [-0.1, -0.05) is 26.0 Å². The van der Waals surface area contributed by atoms with Crippen molar-refractivity contribution in [2.45, 2.75) is 25.4 Å². The summed E-state index contributed by atoms with van der Waals surface area (Å²) in [6.45, 7) is 3.45. The summed E-state index contributed by atoms with van der Waals surface area (Å²) in [4.78, 5) is 38.5. The number of likely N-dealkylation sites (tertiary alicyclic amines) is 1. The van der Waals surface area contributed by atoms with Gasteiger partial charge in [0.05, 0.1) is 23.5 Å². The third-order valence-corrected chi connectivity index (χ3v) is 5.45. The van der Waals surface area contributed by atoms with Crippen LogP contribution in [-0.4, -0.2) is 40.4 Å². The Balaban J connectivity index is 2.19. The number of hydrogen-bond acceptors (Lipinski definition) is 5. The number of carboxylic acid groups (broad SMARTS) is 1. The molecule has 0 radical (unpaired) electrons. The highest BCUT2D eigenvalue weighted by atomic mass is 16.4. The van der Waals surface area contributed by atoms with Crippen LogP contribution in [0.3, 0.4) is 0 Å². The van der Waals surface area contributed by atoms with Gasteiger partial charge in [0.1, 0.15) is 5.54 Å². The molecule has 7 heteroatoms. The summed E-state index contributed by atoms with van der Waals surface area (Å²) >= 11 is 0. The lowest BCUT2D eigenvalue weighted by Gasteiger charge is -2.34. The van der Waals surface area contributed by atoms with Crippen LogP contribution >= 0.6 is 0 Å². The van der Waals surface area contributed by atoms with Crippen molar-refractivity contribution in [3.8, 4) is 6.07 Å². The maximum Gasteiger partial charge on any atom is 0.325 e. The van der Waals surface area contributed by atoms with Gasteiger partial charge in [-0.2, -0.15) is 5.26 Å². The molecule has 4 atom stereocenters. The third-order valence-electron chi connectivity index (χ3n) is 5.45. The second-order valence-electron chi connectivity index (χ2n) is 6.93. The summed E-state index contributed by atoms with van der Waals surface area (Å²) in [5, 5.41) is 22.1. The summed E-state index contributed by atoms with van der Waals surface area (Å²) in [6, 6.07) is 8.09. The highest BCUT2D eigenvalue weighted by Gasteiger charge is 2.68. The molecule has 7 nitrogen and oxygen atoms in total. The number of nitriles is 1. The van der Waals surface area contributed by atoms with E-state index in [0.717, 1.165) is 4.90 Å². The Bertz CT molecular complexity index is 813. The van der Waals surface area contributed by atoms with E-state index >= 15 is 0 Å². The molecule has 130 valence electrons. The summed E-state index contributed by atoms with van der Waals surface area (Å²) < 4.78 is 0. The topological polar surface area (TPSA) is 110 Å². The highest BCUT2D eigenvalue weighted by Crippen LogP contribution is 2.51. The van der Waals surface area contributed by atoms with E-state index < -0.39 is 47.1 Å². The number of carbonyl (C=O) groups is 3. The SMILES string of the molecule is CC(C)C1(C(=O)O)NC(c2cccc(C#N)c2)C2C(=O)N(C)C(=O)C21. The zero-order valence-corrected chi connectivity index (χ0v) is 14.2. The van der Waals surface area contributed by atoms with E-state index in [1.807, 2.05) is 6.07 Å². The van der Waals surface area contributed by atoms with Gasteiger partial charge in [-0.15, -0.1) is 0 Å². The molecule has 2 aliphatic heterocycles. The molecule has 1 aromatic carbocycles. The molecule has 3 rings (SSSR count). The Kier molecular flexibility index (Phi) is 3.88. The Morgan fingerprint density at radius 2 is 2.04 bits per heavy atom. The largest absolute Gasteiger partial charge is 0.480 e. The fourth-order valence-corrected chi connectivity index (χ4v) is 4.15. The van der Waals surface area contributed by atoms with Crippen LogP contribution in [0.2, 0.25) is 0 Å². The minimum absolute atomic E-state index is 0.390. The van der Waals surface area contributed by atoms with Crippen molar-refractivity contribution in [1.82, 2.24) is 10.2 Å². The van der Waals surface area contributed by atoms with Gasteiger partial charge in [0.2, 0.25) is 11.8 Å². The molecule has 2 saturated heterocycles. The number of amides is 2. The molecule has 1 aromatic rings. The molecule has 0 bridgehead atoms. The number of benzene rings is 1. The summed E-state index contributed by atoms with van der Waals surface area (Å²) in [7, 11) is 1.39. The molecular weight excluding hydrogens is 322 g/mol. The molecule has 0 spiro atoms. The average Bonchev–Trinajstić information content (AvgIpc) is 3.06. The fraction of sp³-hybridized carbons (Fsp3) is 0.444. The number of aliphatic carboxylic acids is 1. The van der Waals surface area contributed by atoms with Crippen LogP contribution in [0.5, 0.6) is 0 Å². The van der Waals surface area contributed by atoms with Crippen molar-refractivity contribution in [3.63, 3.8) is 0 Å². The maximum absolute atomic E-state index is 12.7. The lowest BCUT2D eigenvalue weighted by Crippen LogP contribution is -2.59. The van der Waals surface area contributed by atoms with Crippen LogP contribution in [0.15, 0.2) is 24.3 Å². The first-order valence-electron chi connectivity index (χ1n) is 8.08. The molecular formula is C18H19N3O4. The number of nitrogens with one attached hydrogen (secondary N) is 1. The second kappa shape index (κ2) is 5.67. The van der Waals surface area contributed by atoms with Crippen molar-refractivity contribution in [2.24, 2.45) is 17.8 Å². The lowest BCUT2D eigenvalue weighted by atomic mass is 9.73. The zero-order valence-electron chi connectivity index (χ0n) is 14.2. The second-order valence-corrected chi connectivity index (χ2v) is 6.93. The van der Waals surface area contributed by atoms with Crippen molar-refractivity contribution in [3.05, 3.63) is 35.4 Å². The van der Waals surface area contributed by atoms with Crippen LogP contribution in [0.4, 0.5) is 0 Å². The van der Waals surface area contributed by atoms with Gasteiger partial charge >= 0.3 is 5.97 Å². The van der Waals surface area contributed by atoms with Gasteiger partial charge in [-0.3, -0.25) is 24.6 Å². The van der Waals surface area contributed by atoms with E-state index in [2.05, 4.69) is 5.32 Å². The Morgan fingerprint density at radius 1 is 1.36 bits per heavy atom. The number of fused-ring (bicyclic) bond motifs is 1. The van der Waals surface area contributed by atoms with Gasteiger partial charge in [-0.05, 0) is 23.6 Å². The minimum atomic E-state index is -1.53. The molecule has 0 aliphatic carbocycles.